The van der Waals surface area contributed by atoms with Gasteiger partial charge in [0, 0.05) is 18.5 Å². The normalized spacial score (nSPS) is 11.9. The molecule has 0 saturated heterocycles. The molecule has 0 aromatic carbocycles. The van der Waals surface area contributed by atoms with Crippen molar-refractivity contribution in [2.24, 2.45) is 0 Å². The zero-order chi connectivity index (χ0) is 62.8. The van der Waals surface area contributed by atoms with Gasteiger partial charge in [-0.05, 0) is 136 Å². The van der Waals surface area contributed by atoms with Crippen LogP contribution in [-0.2, 0) is 33.2 Å². The topological polar surface area (TPSA) is 106 Å². The molecule has 512 valence electrons. The van der Waals surface area contributed by atoms with Gasteiger partial charge < -0.3 is 33.5 Å². The maximum Gasteiger partial charge on any atom is 0.306 e. The first-order valence-electron chi connectivity index (χ1n) is 38.4. The lowest BCUT2D eigenvalue weighted by Crippen LogP contribution is -2.27. The molecule has 0 amide bonds. The van der Waals surface area contributed by atoms with Crippen LogP contribution in [0.3, 0.4) is 0 Å². The van der Waals surface area contributed by atoms with Gasteiger partial charge in [0.2, 0.25) is 0 Å². The van der Waals surface area contributed by atoms with Crippen molar-refractivity contribution >= 4 is 25.0 Å². The Kier molecular flexibility index (Phi) is 66.7. The molecule has 0 N–H and O–H groups in total. The third-order valence-electron chi connectivity index (χ3n) is 18.0. The van der Waals surface area contributed by atoms with Crippen molar-refractivity contribution in [3.8, 4) is 0 Å². The van der Waals surface area contributed by atoms with Gasteiger partial charge >= 0.3 is 17.9 Å². The molecule has 0 fully saturated rings. The predicted molar refractivity (Wildman–Crippen MR) is 374 cm³/mol. The van der Waals surface area contributed by atoms with Gasteiger partial charge in [0.1, 0.15) is 0 Å². The van der Waals surface area contributed by atoms with Gasteiger partial charge in [0.15, 0.2) is 0 Å². The van der Waals surface area contributed by atoms with E-state index >= 15 is 0 Å². The molecule has 0 radical (unpaired) electrons. The van der Waals surface area contributed by atoms with E-state index in [1.165, 1.54) is 270 Å². The predicted octanol–water partition coefficient (Wildman–Crippen LogP) is 21.9. The Morgan fingerprint density at radius 3 is 0.558 bits per heavy atom. The molecule has 0 saturated carbocycles. The van der Waals surface area contributed by atoms with E-state index < -0.39 is 7.14 Å². The summed E-state index contributed by atoms with van der Waals surface area (Å²) in [6.45, 7) is 24.7. The molecule has 0 aliphatic rings. The van der Waals surface area contributed by atoms with Crippen LogP contribution in [0.1, 0.15) is 369 Å². The zero-order valence-electron chi connectivity index (χ0n) is 58.8. The van der Waals surface area contributed by atoms with E-state index in [4.69, 9.17) is 14.2 Å². The molecule has 0 spiro atoms. The number of carbonyl (C=O) groups excluding carboxylic acids is 3. The maximum atomic E-state index is 14.7. The van der Waals surface area contributed by atoms with Gasteiger partial charge in [0.25, 0.3) is 0 Å². The van der Waals surface area contributed by atoms with E-state index in [0.717, 1.165) is 97.4 Å². The van der Waals surface area contributed by atoms with Gasteiger partial charge in [-0.15, -0.1) is 0 Å². The summed E-state index contributed by atoms with van der Waals surface area (Å²) in [5, 5.41) is 0. The highest BCUT2D eigenvalue weighted by Crippen LogP contribution is 2.47. The Morgan fingerprint density at radius 1 is 0.233 bits per heavy atom. The highest BCUT2D eigenvalue weighted by Gasteiger charge is 2.27. The van der Waals surface area contributed by atoms with Gasteiger partial charge in [-0.2, -0.15) is 0 Å². The largest absolute Gasteiger partial charge is 0.466 e. The molecule has 10 nitrogen and oxygen atoms in total. The highest BCUT2D eigenvalue weighted by molar-refractivity contribution is 7.64. The number of rotatable bonds is 72. The van der Waals surface area contributed by atoms with E-state index in [0.29, 0.717) is 19.8 Å². The second-order valence-electron chi connectivity index (χ2n) is 26.5. The van der Waals surface area contributed by atoms with Crippen molar-refractivity contribution in [2.45, 2.75) is 369 Å². The average molecular weight is 1240 g/mol. The van der Waals surface area contributed by atoms with Crippen LogP contribution in [0.4, 0.5) is 0 Å². The van der Waals surface area contributed by atoms with Crippen LogP contribution < -0.4 is 0 Å². The first-order chi connectivity index (χ1) is 42.2. The first-order valence-corrected chi connectivity index (χ1v) is 40.6. The molecule has 0 aliphatic heterocycles. The summed E-state index contributed by atoms with van der Waals surface area (Å²) in [7, 11) is -3.11. The summed E-state index contributed by atoms with van der Waals surface area (Å²) < 4.78 is 32.0. The van der Waals surface area contributed by atoms with Crippen LogP contribution in [0.25, 0.3) is 0 Å². The lowest BCUT2D eigenvalue weighted by Gasteiger charge is -2.22. The molecule has 0 heterocycles. The van der Waals surface area contributed by atoms with Gasteiger partial charge in [0.05, 0.1) is 46.2 Å². The Bertz CT molecular complexity index is 1250. The highest BCUT2D eigenvalue weighted by atomic mass is 31.2. The molecule has 0 unspecified atom stereocenters. The lowest BCUT2D eigenvalue weighted by atomic mass is 10.1. The number of unbranched alkanes of at least 4 members (excludes halogenated alkanes) is 39. The van der Waals surface area contributed by atoms with Crippen molar-refractivity contribution < 1.29 is 33.2 Å². The first kappa shape index (κ1) is 84.5. The number of hydrogen-bond acceptors (Lipinski definition) is 10. The fourth-order valence-corrected chi connectivity index (χ4v) is 14.5. The smallest absolute Gasteiger partial charge is 0.306 e. The van der Waals surface area contributed by atoms with E-state index in [2.05, 4.69) is 56.2 Å². The third-order valence-corrected chi connectivity index (χ3v) is 21.1. The minimum absolute atomic E-state index is 0.0203. The van der Waals surface area contributed by atoms with E-state index in [1.54, 1.807) is 0 Å². The second-order valence-corrected chi connectivity index (χ2v) is 30.0. The van der Waals surface area contributed by atoms with Crippen LogP contribution in [0.2, 0.25) is 0 Å². The minimum Gasteiger partial charge on any atom is -0.466 e. The molecule has 0 atom stereocenters. The second kappa shape index (κ2) is 67.9. The Hall–Kier alpha value is -1.48. The van der Waals surface area contributed by atoms with Crippen molar-refractivity contribution in [3.05, 3.63) is 0 Å². The molecule has 0 rings (SSSR count). The fraction of sp³-hybridized carbons (Fsp3) is 0.960. The summed E-state index contributed by atoms with van der Waals surface area (Å²) in [4.78, 5) is 47.7. The number of esters is 3. The Labute approximate surface area is 536 Å². The number of ether oxygens (including phenoxy) is 3. The number of nitrogens with zero attached hydrogens (tertiary/aromatic N) is 3. The van der Waals surface area contributed by atoms with E-state index in [9.17, 15) is 18.9 Å². The summed E-state index contributed by atoms with van der Waals surface area (Å²) in [5.74, 6) is -1.04. The number of hydrogen-bond donors (Lipinski definition) is 0. The van der Waals surface area contributed by atoms with Crippen molar-refractivity contribution in [1.29, 1.82) is 0 Å². The third kappa shape index (κ3) is 61.4. The molecule has 86 heavy (non-hydrogen) atoms. The maximum absolute atomic E-state index is 14.7. The monoisotopic (exact) mass is 1240 g/mol. The fourth-order valence-electron chi connectivity index (χ4n) is 12.1. The van der Waals surface area contributed by atoms with Gasteiger partial charge in [-0.25, -0.2) is 0 Å². The SMILES string of the molecule is CCCCCCCCCN(CCCCCCCCC)CCCCOC(=O)CCP(=O)(CCC(=O)OCCCCN(CCCCCCCCC)CCCCCCCCC)CCC(=O)OCCCCN(CCCCCCCCC)CCCCCCCCC. The van der Waals surface area contributed by atoms with Crippen LogP contribution in [0.5, 0.6) is 0 Å². The molecule has 0 bridgehead atoms. The van der Waals surface area contributed by atoms with Crippen molar-refractivity contribution in [1.82, 2.24) is 14.7 Å². The van der Waals surface area contributed by atoms with Crippen LogP contribution in [0, 0.1) is 0 Å². The van der Waals surface area contributed by atoms with Crippen molar-refractivity contribution in [3.63, 3.8) is 0 Å². The zero-order valence-corrected chi connectivity index (χ0v) is 59.7. The van der Waals surface area contributed by atoms with Gasteiger partial charge in [-0.3, -0.25) is 14.4 Å². The molecule has 11 heteroatoms. The Morgan fingerprint density at radius 2 is 0.384 bits per heavy atom. The molecule has 0 aromatic heterocycles. The quantitative estimate of drug-likeness (QED) is 0.0253. The van der Waals surface area contributed by atoms with Crippen molar-refractivity contribution in [2.75, 3.05) is 97.2 Å². The summed E-state index contributed by atoms with van der Waals surface area (Å²) in [6, 6.07) is 0. The summed E-state index contributed by atoms with van der Waals surface area (Å²) in [6.07, 6.45) is 61.1. The molecule has 0 aliphatic carbocycles. The minimum atomic E-state index is -3.11. The summed E-state index contributed by atoms with van der Waals surface area (Å²) >= 11 is 0. The molecular formula is C75H150N3O7P. The van der Waals surface area contributed by atoms with Crippen LogP contribution in [-0.4, -0.2) is 130 Å². The molecule has 0 aromatic rings. The van der Waals surface area contributed by atoms with E-state index in [-0.39, 0.29) is 55.7 Å². The lowest BCUT2D eigenvalue weighted by molar-refractivity contribution is -0.144. The standard InChI is InChI=1S/C75H150N3O7P/c1-7-13-19-25-31-37-43-58-76(59-44-38-32-26-20-14-8-2)64-49-52-67-83-73(79)55-70-86(82,71-56-74(80)84-68-53-50-65-77(60-45-39-33-27-21-15-9-3)61-46-40-34-28-22-16-10-4)72-57-75(81)85-69-54-51-66-78(62-47-41-35-29-23-17-11-5)63-48-42-36-30-24-18-12-6/h7-72H2,1-6H3. The summed E-state index contributed by atoms with van der Waals surface area (Å²) in [5.41, 5.74) is 0. The number of carbonyl (C=O) groups is 3. The van der Waals surface area contributed by atoms with Crippen LogP contribution >= 0.6 is 7.14 Å². The molecular weight excluding hydrogens is 1090 g/mol. The average Bonchev–Trinajstić information content (AvgIpc) is 3.70. The van der Waals surface area contributed by atoms with Crippen LogP contribution in [0.15, 0.2) is 0 Å². The van der Waals surface area contributed by atoms with Gasteiger partial charge in [-0.1, -0.05) is 273 Å². The van der Waals surface area contributed by atoms with E-state index in [1.807, 2.05) is 0 Å². The Balaban J connectivity index is 5.46.